The molecule has 0 radical (unpaired) electrons. The number of ether oxygens (including phenoxy) is 1. The van der Waals surface area contributed by atoms with Crippen molar-refractivity contribution in [3.05, 3.63) is 58.9 Å². The Balaban J connectivity index is 2.46. The predicted octanol–water partition coefficient (Wildman–Crippen LogP) is 5.04. The fourth-order valence-corrected chi connectivity index (χ4v) is 2.17. The van der Waals surface area contributed by atoms with E-state index in [1.54, 1.807) is 0 Å². The highest BCUT2D eigenvalue weighted by Crippen LogP contribution is 2.35. The number of carbonyl (C=O) groups excluding carboxylic acids is 1. The monoisotopic (exact) mass is 286 g/mol. The topological polar surface area (TPSA) is 26.3 Å². The number of benzene rings is 2. The van der Waals surface area contributed by atoms with E-state index in [4.69, 9.17) is 4.74 Å². The van der Waals surface area contributed by atoms with Gasteiger partial charge in [0.1, 0.15) is 23.6 Å². The van der Waals surface area contributed by atoms with Crippen LogP contribution in [0.4, 0.5) is 4.39 Å². The van der Waals surface area contributed by atoms with Crippen LogP contribution in [0.2, 0.25) is 0 Å². The molecule has 3 heteroatoms. The minimum absolute atomic E-state index is 0.0934. The Morgan fingerprint density at radius 3 is 2.43 bits per heavy atom. The lowest BCUT2D eigenvalue weighted by molar-refractivity contribution is 0.112. The van der Waals surface area contributed by atoms with Crippen LogP contribution in [0.5, 0.6) is 11.5 Å². The van der Waals surface area contributed by atoms with Gasteiger partial charge in [-0.15, -0.1) is 0 Å². The molecule has 0 heterocycles. The zero-order valence-corrected chi connectivity index (χ0v) is 12.7. The predicted molar refractivity (Wildman–Crippen MR) is 81.7 cm³/mol. The molecule has 0 N–H and O–H groups in total. The van der Waals surface area contributed by atoms with Gasteiger partial charge in [0.15, 0.2) is 0 Å². The maximum absolute atomic E-state index is 13.5. The number of hydrogen-bond acceptors (Lipinski definition) is 2. The van der Waals surface area contributed by atoms with Crippen molar-refractivity contribution >= 4 is 6.29 Å². The number of carbonyl (C=O) groups is 1. The van der Waals surface area contributed by atoms with Gasteiger partial charge in [0.05, 0.1) is 0 Å². The van der Waals surface area contributed by atoms with E-state index in [0.717, 1.165) is 11.1 Å². The number of aldehydes is 1. The largest absolute Gasteiger partial charge is 0.457 e. The Hall–Kier alpha value is -2.16. The highest BCUT2D eigenvalue weighted by Gasteiger charge is 2.19. The maximum Gasteiger partial charge on any atom is 0.150 e. The van der Waals surface area contributed by atoms with E-state index in [0.29, 0.717) is 17.8 Å². The van der Waals surface area contributed by atoms with Gasteiger partial charge in [-0.1, -0.05) is 32.9 Å². The fraction of sp³-hybridized carbons (Fsp3) is 0.278. The van der Waals surface area contributed by atoms with E-state index in [9.17, 15) is 9.18 Å². The van der Waals surface area contributed by atoms with Crippen molar-refractivity contribution in [2.24, 2.45) is 0 Å². The standard InChI is InChI=1S/C18H19FO2/c1-12-5-6-16(18(2,3)4)17(7-12)21-15-9-13(11-20)8-14(19)10-15/h5-11H,1-4H3. The van der Waals surface area contributed by atoms with Crippen molar-refractivity contribution in [2.75, 3.05) is 0 Å². The lowest BCUT2D eigenvalue weighted by atomic mass is 9.86. The summed E-state index contributed by atoms with van der Waals surface area (Å²) in [5.74, 6) is 0.526. The van der Waals surface area contributed by atoms with E-state index in [1.807, 2.05) is 25.1 Å². The van der Waals surface area contributed by atoms with Crippen molar-refractivity contribution in [2.45, 2.75) is 33.1 Å². The van der Waals surface area contributed by atoms with Gasteiger partial charge in [-0.25, -0.2) is 4.39 Å². The summed E-state index contributed by atoms with van der Waals surface area (Å²) in [5.41, 5.74) is 2.26. The molecule has 0 saturated carbocycles. The van der Waals surface area contributed by atoms with Gasteiger partial charge in [-0.3, -0.25) is 4.79 Å². The molecule has 0 aliphatic rings. The lowest BCUT2D eigenvalue weighted by Crippen LogP contribution is -2.12. The Bertz CT molecular complexity index is 669. The number of hydrogen-bond donors (Lipinski definition) is 0. The minimum Gasteiger partial charge on any atom is -0.457 e. The highest BCUT2D eigenvalue weighted by molar-refractivity contribution is 5.75. The Morgan fingerprint density at radius 1 is 1.10 bits per heavy atom. The van der Waals surface area contributed by atoms with Crippen LogP contribution in [0.3, 0.4) is 0 Å². The van der Waals surface area contributed by atoms with Crippen LogP contribution >= 0.6 is 0 Å². The highest BCUT2D eigenvalue weighted by atomic mass is 19.1. The van der Waals surface area contributed by atoms with Gasteiger partial charge < -0.3 is 4.74 Å². The van der Waals surface area contributed by atoms with Crippen LogP contribution in [0.1, 0.15) is 42.3 Å². The molecule has 0 unspecified atom stereocenters. The molecule has 0 bridgehead atoms. The molecular weight excluding hydrogens is 267 g/mol. The quantitative estimate of drug-likeness (QED) is 0.739. The van der Waals surface area contributed by atoms with Gasteiger partial charge in [0.25, 0.3) is 0 Å². The van der Waals surface area contributed by atoms with Gasteiger partial charge in [-0.2, -0.15) is 0 Å². The number of halogens is 1. The molecule has 110 valence electrons. The van der Waals surface area contributed by atoms with Crippen molar-refractivity contribution in [3.8, 4) is 11.5 Å². The van der Waals surface area contributed by atoms with Crippen LogP contribution < -0.4 is 4.74 Å². The molecule has 0 spiro atoms. The first kappa shape index (κ1) is 15.2. The van der Waals surface area contributed by atoms with Crippen molar-refractivity contribution < 1.29 is 13.9 Å². The molecule has 2 aromatic rings. The molecule has 0 atom stereocenters. The molecule has 0 fully saturated rings. The third-order valence-corrected chi connectivity index (χ3v) is 3.20. The summed E-state index contributed by atoms with van der Waals surface area (Å²) in [5, 5.41) is 0. The summed E-state index contributed by atoms with van der Waals surface area (Å²) in [6, 6.07) is 9.96. The number of rotatable bonds is 3. The molecule has 21 heavy (non-hydrogen) atoms. The average Bonchev–Trinajstić information content (AvgIpc) is 2.36. The molecular formula is C18H19FO2. The zero-order chi connectivity index (χ0) is 15.6. The summed E-state index contributed by atoms with van der Waals surface area (Å²) in [6.45, 7) is 8.24. The second-order valence-corrected chi connectivity index (χ2v) is 6.19. The van der Waals surface area contributed by atoms with Gasteiger partial charge in [0.2, 0.25) is 0 Å². The third-order valence-electron chi connectivity index (χ3n) is 3.20. The first-order valence-corrected chi connectivity index (χ1v) is 6.84. The minimum atomic E-state index is -0.487. The van der Waals surface area contributed by atoms with Crippen LogP contribution in [-0.2, 0) is 5.41 Å². The van der Waals surface area contributed by atoms with Crippen molar-refractivity contribution in [1.29, 1.82) is 0 Å². The van der Waals surface area contributed by atoms with Gasteiger partial charge >= 0.3 is 0 Å². The molecule has 0 aliphatic heterocycles. The van der Waals surface area contributed by atoms with Crippen molar-refractivity contribution in [1.82, 2.24) is 0 Å². The van der Waals surface area contributed by atoms with Gasteiger partial charge in [0, 0.05) is 17.2 Å². The summed E-state index contributed by atoms with van der Waals surface area (Å²) < 4.78 is 19.3. The second kappa shape index (κ2) is 5.68. The molecule has 2 rings (SSSR count). The normalized spacial score (nSPS) is 11.3. The molecule has 0 aliphatic carbocycles. The van der Waals surface area contributed by atoms with Crippen LogP contribution in [0, 0.1) is 12.7 Å². The van der Waals surface area contributed by atoms with Crippen LogP contribution in [0.15, 0.2) is 36.4 Å². The van der Waals surface area contributed by atoms with Gasteiger partial charge in [-0.05, 0) is 36.1 Å². The molecule has 0 amide bonds. The molecule has 0 saturated heterocycles. The second-order valence-electron chi connectivity index (χ2n) is 6.19. The third kappa shape index (κ3) is 3.69. The summed E-state index contributed by atoms with van der Waals surface area (Å²) >= 11 is 0. The Labute approximate surface area is 124 Å². The fourth-order valence-electron chi connectivity index (χ4n) is 2.17. The average molecular weight is 286 g/mol. The molecule has 0 aromatic heterocycles. The SMILES string of the molecule is Cc1ccc(C(C)(C)C)c(Oc2cc(F)cc(C=O)c2)c1. The van der Waals surface area contributed by atoms with E-state index in [2.05, 4.69) is 20.8 Å². The van der Waals surface area contributed by atoms with Crippen LogP contribution in [-0.4, -0.2) is 6.29 Å². The first-order valence-electron chi connectivity index (χ1n) is 6.84. The van der Waals surface area contributed by atoms with Crippen molar-refractivity contribution in [3.63, 3.8) is 0 Å². The number of aryl methyl sites for hydroxylation is 1. The zero-order valence-electron chi connectivity index (χ0n) is 12.7. The Morgan fingerprint density at radius 2 is 1.81 bits per heavy atom. The van der Waals surface area contributed by atoms with E-state index in [1.165, 1.54) is 18.2 Å². The van der Waals surface area contributed by atoms with E-state index >= 15 is 0 Å². The van der Waals surface area contributed by atoms with Crippen LogP contribution in [0.25, 0.3) is 0 Å². The van der Waals surface area contributed by atoms with E-state index < -0.39 is 5.82 Å². The smallest absolute Gasteiger partial charge is 0.150 e. The lowest BCUT2D eigenvalue weighted by Gasteiger charge is -2.23. The Kier molecular flexibility index (Phi) is 4.12. The maximum atomic E-state index is 13.5. The summed E-state index contributed by atoms with van der Waals surface area (Å²) in [7, 11) is 0. The van der Waals surface area contributed by atoms with E-state index in [-0.39, 0.29) is 11.0 Å². The summed E-state index contributed by atoms with van der Waals surface area (Å²) in [6.07, 6.45) is 0.608. The first-order chi connectivity index (χ1) is 9.79. The summed E-state index contributed by atoms with van der Waals surface area (Å²) in [4.78, 5) is 10.8. The molecule has 2 nitrogen and oxygen atoms in total. The molecule has 2 aromatic carbocycles.